The first-order chi connectivity index (χ1) is 10.3. The van der Waals surface area contributed by atoms with Crippen LogP contribution in [-0.2, 0) is 4.74 Å². The number of piperidine rings is 1. The van der Waals surface area contributed by atoms with Gasteiger partial charge in [-0.1, -0.05) is 32.9 Å². The molecule has 1 saturated heterocycles. The van der Waals surface area contributed by atoms with E-state index in [4.69, 9.17) is 0 Å². The van der Waals surface area contributed by atoms with Crippen molar-refractivity contribution in [1.29, 1.82) is 0 Å². The summed E-state index contributed by atoms with van der Waals surface area (Å²) in [5.74, 6) is -1.11. The number of halogens is 3. The molecule has 22 heavy (non-hydrogen) atoms. The zero-order chi connectivity index (χ0) is 17.2. The van der Waals surface area contributed by atoms with Crippen molar-refractivity contribution in [2.75, 3.05) is 19.6 Å². The first-order valence-electron chi connectivity index (χ1n) is 7.53. The van der Waals surface area contributed by atoms with Crippen LogP contribution in [0, 0.1) is 0 Å². The Balaban J connectivity index is 0.00000211. The summed E-state index contributed by atoms with van der Waals surface area (Å²) in [6, 6.07) is 0. The molecule has 1 heterocycles. The van der Waals surface area contributed by atoms with Crippen LogP contribution < -0.4 is 0 Å². The van der Waals surface area contributed by atoms with Crippen molar-refractivity contribution in [3.8, 4) is 0 Å². The van der Waals surface area contributed by atoms with Crippen LogP contribution in [-0.4, -0.2) is 36.0 Å². The monoisotopic (exact) mass is 321 g/mol. The first kappa shape index (κ1) is 20.6. The summed E-state index contributed by atoms with van der Waals surface area (Å²) in [5.41, 5.74) is 0.583. The van der Waals surface area contributed by atoms with Gasteiger partial charge in [-0.15, -0.1) is 13.2 Å². The fourth-order valence-electron chi connectivity index (χ4n) is 2.05. The number of hydrogen-bond acceptors (Lipinski definition) is 3. The molecule has 6 heteroatoms. The van der Waals surface area contributed by atoms with Crippen molar-refractivity contribution in [3.63, 3.8) is 0 Å². The Kier molecular flexibility index (Phi) is 9.65. The fourth-order valence-corrected chi connectivity index (χ4v) is 2.05. The maximum Gasteiger partial charge on any atom is 0.573 e. The highest BCUT2D eigenvalue weighted by atomic mass is 19.4. The highest BCUT2D eigenvalue weighted by Crippen LogP contribution is 2.24. The number of likely N-dealkylation sites (tertiary alicyclic amines) is 1. The summed E-state index contributed by atoms with van der Waals surface area (Å²) in [7, 11) is 0. The summed E-state index contributed by atoms with van der Waals surface area (Å²) in [5, 5.41) is 9.29. The maximum atomic E-state index is 12.2. The third-order valence-electron chi connectivity index (χ3n) is 3.02. The Morgan fingerprint density at radius 1 is 1.23 bits per heavy atom. The van der Waals surface area contributed by atoms with E-state index in [1.807, 2.05) is 13.8 Å². The SMILES string of the molecule is C=C/C(=C\C(OC(F)(F)F)=C(/C)O)CN1CCCCC1.CC. The molecule has 0 amide bonds. The highest BCUT2D eigenvalue weighted by molar-refractivity contribution is 5.28. The molecule has 0 aromatic heterocycles. The van der Waals surface area contributed by atoms with Crippen molar-refractivity contribution >= 4 is 0 Å². The van der Waals surface area contributed by atoms with Gasteiger partial charge in [0.2, 0.25) is 0 Å². The zero-order valence-electron chi connectivity index (χ0n) is 13.5. The van der Waals surface area contributed by atoms with Gasteiger partial charge in [-0.05, 0) is 44.5 Å². The Labute approximate surface area is 130 Å². The molecule has 0 aromatic carbocycles. The molecule has 1 N–H and O–H groups in total. The molecule has 0 aromatic rings. The Bertz CT molecular complexity index is 391. The normalized spacial score (nSPS) is 18.0. The lowest BCUT2D eigenvalue weighted by Crippen LogP contribution is -2.31. The van der Waals surface area contributed by atoms with E-state index in [1.165, 1.54) is 18.6 Å². The van der Waals surface area contributed by atoms with E-state index in [2.05, 4.69) is 16.2 Å². The van der Waals surface area contributed by atoms with Gasteiger partial charge in [0.25, 0.3) is 0 Å². The number of alkyl halides is 3. The molecule has 0 radical (unpaired) electrons. The molecule has 0 unspecified atom stereocenters. The van der Waals surface area contributed by atoms with Crippen molar-refractivity contribution in [2.24, 2.45) is 0 Å². The highest BCUT2D eigenvalue weighted by Gasteiger charge is 2.32. The minimum Gasteiger partial charge on any atom is -0.509 e. The quantitative estimate of drug-likeness (QED) is 0.575. The minimum atomic E-state index is -4.83. The van der Waals surface area contributed by atoms with Crippen LogP contribution in [0.4, 0.5) is 13.2 Å². The van der Waals surface area contributed by atoms with Gasteiger partial charge < -0.3 is 9.84 Å². The molecule has 1 aliphatic heterocycles. The molecule has 128 valence electrons. The number of aliphatic hydroxyl groups excluding tert-OH is 1. The number of rotatable bonds is 5. The molecular formula is C16H26F3NO2. The number of aliphatic hydroxyl groups is 1. The van der Waals surface area contributed by atoms with Crippen LogP contribution >= 0.6 is 0 Å². The second-order valence-corrected chi connectivity index (χ2v) is 4.76. The van der Waals surface area contributed by atoms with Gasteiger partial charge in [-0.2, -0.15) is 0 Å². The van der Waals surface area contributed by atoms with E-state index in [0.717, 1.165) is 32.9 Å². The summed E-state index contributed by atoms with van der Waals surface area (Å²) >= 11 is 0. The second-order valence-electron chi connectivity index (χ2n) is 4.76. The predicted octanol–water partition coefficient (Wildman–Crippen LogP) is 4.94. The Morgan fingerprint density at radius 3 is 2.18 bits per heavy atom. The summed E-state index contributed by atoms with van der Waals surface area (Å²) < 4.78 is 40.5. The summed E-state index contributed by atoms with van der Waals surface area (Å²) in [6.07, 6.45) is 1.20. The molecule has 0 saturated carbocycles. The fraction of sp³-hybridized carbons (Fsp3) is 0.625. The number of ether oxygens (including phenoxy) is 1. The van der Waals surface area contributed by atoms with Crippen molar-refractivity contribution in [3.05, 3.63) is 35.8 Å². The van der Waals surface area contributed by atoms with Gasteiger partial charge in [0, 0.05) is 6.54 Å². The van der Waals surface area contributed by atoms with Gasteiger partial charge in [0.05, 0.1) is 0 Å². The first-order valence-corrected chi connectivity index (χ1v) is 7.53. The molecule has 1 fully saturated rings. The molecule has 0 aliphatic carbocycles. The third-order valence-corrected chi connectivity index (χ3v) is 3.02. The lowest BCUT2D eigenvalue weighted by molar-refractivity contribution is -0.304. The van der Waals surface area contributed by atoms with Gasteiger partial charge in [-0.25, -0.2) is 0 Å². The van der Waals surface area contributed by atoms with Gasteiger partial charge >= 0.3 is 6.36 Å². The molecular weight excluding hydrogens is 295 g/mol. The average molecular weight is 321 g/mol. The molecule has 0 bridgehead atoms. The molecule has 3 nitrogen and oxygen atoms in total. The topological polar surface area (TPSA) is 32.7 Å². The van der Waals surface area contributed by atoms with E-state index in [0.29, 0.717) is 12.1 Å². The standard InChI is InChI=1S/C14H20F3NO2.C2H6/c1-3-12(10-18-7-5-4-6-8-18)9-13(11(2)19)20-14(15,16)17;1-2/h3,9,19H,1,4-8,10H2,2H3;1-2H3/b12-9+,13-11-;. The number of nitrogens with zero attached hydrogens (tertiary/aromatic N) is 1. The van der Waals surface area contributed by atoms with E-state index in [9.17, 15) is 18.3 Å². The minimum absolute atomic E-state index is 0.501. The molecule has 1 rings (SSSR count). The predicted molar refractivity (Wildman–Crippen MR) is 82.4 cm³/mol. The number of hydrogen-bond donors (Lipinski definition) is 1. The van der Waals surface area contributed by atoms with Crippen LogP contribution in [0.1, 0.15) is 40.0 Å². The third kappa shape index (κ3) is 8.77. The van der Waals surface area contributed by atoms with Crippen molar-refractivity contribution in [2.45, 2.75) is 46.4 Å². The van der Waals surface area contributed by atoms with Gasteiger partial charge in [0.1, 0.15) is 5.76 Å². The van der Waals surface area contributed by atoms with E-state index in [1.54, 1.807) is 0 Å². The van der Waals surface area contributed by atoms with E-state index >= 15 is 0 Å². The van der Waals surface area contributed by atoms with E-state index < -0.39 is 17.9 Å². The maximum absolute atomic E-state index is 12.2. The molecule has 0 atom stereocenters. The lowest BCUT2D eigenvalue weighted by atomic mass is 10.1. The largest absolute Gasteiger partial charge is 0.573 e. The zero-order valence-corrected chi connectivity index (χ0v) is 13.5. The van der Waals surface area contributed by atoms with Crippen LogP contribution in [0.2, 0.25) is 0 Å². The van der Waals surface area contributed by atoms with Gasteiger partial charge in [-0.3, -0.25) is 4.90 Å². The van der Waals surface area contributed by atoms with Crippen LogP contribution in [0.5, 0.6) is 0 Å². The summed E-state index contributed by atoms with van der Waals surface area (Å²) in [4.78, 5) is 2.15. The van der Waals surface area contributed by atoms with Gasteiger partial charge in [0.15, 0.2) is 5.76 Å². The van der Waals surface area contributed by atoms with Crippen LogP contribution in [0.15, 0.2) is 35.8 Å². The van der Waals surface area contributed by atoms with Crippen molar-refractivity contribution in [1.82, 2.24) is 4.90 Å². The Morgan fingerprint density at radius 2 is 1.77 bits per heavy atom. The van der Waals surface area contributed by atoms with Crippen LogP contribution in [0.25, 0.3) is 0 Å². The number of allylic oxidation sites excluding steroid dienone is 2. The van der Waals surface area contributed by atoms with Crippen LogP contribution in [0.3, 0.4) is 0 Å². The molecule has 0 spiro atoms. The summed E-state index contributed by atoms with van der Waals surface area (Å²) in [6.45, 7) is 11.1. The van der Waals surface area contributed by atoms with Crippen molar-refractivity contribution < 1.29 is 23.0 Å². The average Bonchev–Trinajstić information content (AvgIpc) is 2.47. The Hall–Kier alpha value is -1.43. The smallest absolute Gasteiger partial charge is 0.509 e. The second kappa shape index (κ2) is 10.3. The van der Waals surface area contributed by atoms with E-state index in [-0.39, 0.29) is 0 Å². The molecule has 1 aliphatic rings. The lowest BCUT2D eigenvalue weighted by Gasteiger charge is -2.26.